The second-order valence-electron chi connectivity index (χ2n) is 5.49. The molecule has 0 saturated carbocycles. The third kappa shape index (κ3) is 4.22. The lowest BCUT2D eigenvalue weighted by atomic mass is 9.93. The first-order valence-corrected chi connectivity index (χ1v) is 6.97. The molecular formula is C13H24N2S. The van der Waals surface area contributed by atoms with Crippen molar-refractivity contribution < 1.29 is 0 Å². The van der Waals surface area contributed by atoms with Crippen LogP contribution >= 0.6 is 11.3 Å². The van der Waals surface area contributed by atoms with E-state index < -0.39 is 0 Å². The van der Waals surface area contributed by atoms with Gasteiger partial charge in [-0.1, -0.05) is 34.6 Å². The lowest BCUT2D eigenvalue weighted by Crippen LogP contribution is -2.22. The van der Waals surface area contributed by atoms with Crippen LogP contribution in [0.3, 0.4) is 0 Å². The van der Waals surface area contributed by atoms with E-state index in [9.17, 15) is 0 Å². The van der Waals surface area contributed by atoms with Crippen LogP contribution in [-0.4, -0.2) is 18.1 Å². The van der Waals surface area contributed by atoms with E-state index in [1.165, 1.54) is 10.7 Å². The number of rotatable bonds is 5. The van der Waals surface area contributed by atoms with Crippen molar-refractivity contribution in [3.05, 3.63) is 16.1 Å². The molecule has 1 N–H and O–H groups in total. The van der Waals surface area contributed by atoms with Gasteiger partial charge in [0, 0.05) is 17.2 Å². The summed E-state index contributed by atoms with van der Waals surface area (Å²) < 4.78 is 0. The Labute approximate surface area is 103 Å². The molecule has 3 heteroatoms. The van der Waals surface area contributed by atoms with Gasteiger partial charge in [-0.25, -0.2) is 4.98 Å². The van der Waals surface area contributed by atoms with Crippen molar-refractivity contribution in [1.82, 2.24) is 10.3 Å². The van der Waals surface area contributed by atoms with Gasteiger partial charge in [-0.15, -0.1) is 11.3 Å². The molecule has 0 spiro atoms. The third-order valence-corrected chi connectivity index (χ3v) is 3.46. The molecule has 1 unspecified atom stereocenters. The van der Waals surface area contributed by atoms with E-state index in [2.05, 4.69) is 45.3 Å². The van der Waals surface area contributed by atoms with Crippen molar-refractivity contribution in [2.75, 3.05) is 13.1 Å². The summed E-state index contributed by atoms with van der Waals surface area (Å²) in [6, 6.07) is 0. The molecule has 0 aliphatic carbocycles. The maximum absolute atomic E-state index is 4.72. The second-order valence-corrected chi connectivity index (χ2v) is 6.44. The van der Waals surface area contributed by atoms with Gasteiger partial charge >= 0.3 is 0 Å². The topological polar surface area (TPSA) is 24.9 Å². The monoisotopic (exact) mass is 240 g/mol. The van der Waals surface area contributed by atoms with Gasteiger partial charge in [-0.2, -0.15) is 0 Å². The highest BCUT2D eigenvalue weighted by atomic mass is 32.1. The fraction of sp³-hybridized carbons (Fsp3) is 0.769. The van der Waals surface area contributed by atoms with Crippen LogP contribution in [0.5, 0.6) is 0 Å². The molecule has 1 heterocycles. The van der Waals surface area contributed by atoms with E-state index in [4.69, 9.17) is 4.98 Å². The van der Waals surface area contributed by atoms with E-state index in [0.29, 0.717) is 5.92 Å². The molecule has 92 valence electrons. The van der Waals surface area contributed by atoms with Gasteiger partial charge < -0.3 is 5.32 Å². The van der Waals surface area contributed by atoms with E-state index >= 15 is 0 Å². The largest absolute Gasteiger partial charge is 0.317 e. The molecule has 0 bridgehead atoms. The molecule has 0 radical (unpaired) electrons. The number of nitrogens with zero attached hydrogens (tertiary/aromatic N) is 1. The van der Waals surface area contributed by atoms with Crippen LogP contribution in [-0.2, 0) is 11.8 Å². The minimum Gasteiger partial charge on any atom is -0.317 e. The number of nitrogens with one attached hydrogen (secondary N) is 1. The van der Waals surface area contributed by atoms with Gasteiger partial charge in [-0.05, 0) is 19.0 Å². The molecule has 0 aromatic carbocycles. The summed E-state index contributed by atoms with van der Waals surface area (Å²) in [5.41, 5.74) is 1.41. The molecule has 0 aliphatic heterocycles. The van der Waals surface area contributed by atoms with Crippen molar-refractivity contribution in [3.8, 4) is 0 Å². The van der Waals surface area contributed by atoms with Crippen molar-refractivity contribution in [2.24, 2.45) is 5.92 Å². The quantitative estimate of drug-likeness (QED) is 0.854. The van der Waals surface area contributed by atoms with Gasteiger partial charge in [0.2, 0.25) is 0 Å². The number of aromatic nitrogens is 1. The normalized spacial score (nSPS) is 14.1. The molecule has 1 aromatic rings. The van der Waals surface area contributed by atoms with Gasteiger partial charge in [0.1, 0.15) is 0 Å². The fourth-order valence-electron chi connectivity index (χ4n) is 1.51. The average molecular weight is 240 g/mol. The lowest BCUT2D eigenvalue weighted by molar-refractivity contribution is 0.516. The van der Waals surface area contributed by atoms with Crippen LogP contribution in [0.1, 0.15) is 45.3 Å². The summed E-state index contributed by atoms with van der Waals surface area (Å²) in [4.78, 5) is 4.72. The Hall–Kier alpha value is -0.410. The minimum absolute atomic E-state index is 0.180. The Balaban J connectivity index is 2.52. The summed E-state index contributed by atoms with van der Waals surface area (Å²) in [5, 5.41) is 6.86. The molecule has 0 saturated heterocycles. The van der Waals surface area contributed by atoms with Gasteiger partial charge in [0.15, 0.2) is 0 Å². The molecular weight excluding hydrogens is 216 g/mol. The van der Waals surface area contributed by atoms with E-state index in [-0.39, 0.29) is 5.41 Å². The summed E-state index contributed by atoms with van der Waals surface area (Å²) in [5.74, 6) is 0.666. The highest BCUT2D eigenvalue weighted by Crippen LogP contribution is 2.24. The zero-order valence-corrected chi connectivity index (χ0v) is 11.9. The minimum atomic E-state index is 0.180. The zero-order chi connectivity index (χ0) is 12.2. The average Bonchev–Trinajstić information content (AvgIpc) is 2.62. The van der Waals surface area contributed by atoms with Gasteiger partial charge in [0.25, 0.3) is 0 Å². The van der Waals surface area contributed by atoms with Crippen molar-refractivity contribution in [1.29, 1.82) is 0 Å². The van der Waals surface area contributed by atoms with Crippen molar-refractivity contribution in [3.63, 3.8) is 0 Å². The van der Waals surface area contributed by atoms with Crippen LogP contribution < -0.4 is 5.32 Å². The zero-order valence-electron chi connectivity index (χ0n) is 11.1. The molecule has 16 heavy (non-hydrogen) atoms. The van der Waals surface area contributed by atoms with E-state index in [1.54, 1.807) is 11.3 Å². The van der Waals surface area contributed by atoms with Crippen LogP contribution in [0.2, 0.25) is 0 Å². The first kappa shape index (κ1) is 13.7. The number of hydrogen-bond donors (Lipinski definition) is 1. The SMILES string of the molecule is CCNCC(C)Cc1nc(C(C)(C)C)cs1. The maximum atomic E-state index is 4.72. The Morgan fingerprint density at radius 3 is 2.62 bits per heavy atom. The van der Waals surface area contributed by atoms with Crippen LogP contribution in [0.25, 0.3) is 0 Å². The highest BCUT2D eigenvalue weighted by molar-refractivity contribution is 7.09. The summed E-state index contributed by atoms with van der Waals surface area (Å²) in [6.45, 7) is 13.2. The molecule has 1 rings (SSSR count). The Kier molecular flexibility index (Phi) is 4.93. The van der Waals surface area contributed by atoms with Crippen LogP contribution in [0.4, 0.5) is 0 Å². The Bertz CT molecular complexity index is 312. The predicted molar refractivity (Wildman–Crippen MR) is 72.2 cm³/mol. The molecule has 0 aliphatic rings. The standard InChI is InChI=1S/C13H24N2S/c1-6-14-8-10(2)7-12-15-11(9-16-12)13(3,4)5/h9-10,14H,6-8H2,1-5H3. The predicted octanol–water partition coefficient (Wildman–Crippen LogP) is 3.23. The summed E-state index contributed by atoms with van der Waals surface area (Å²) in [7, 11) is 0. The van der Waals surface area contributed by atoms with Gasteiger partial charge in [-0.3, -0.25) is 0 Å². The molecule has 2 nitrogen and oxygen atoms in total. The van der Waals surface area contributed by atoms with Crippen LogP contribution in [0, 0.1) is 5.92 Å². The Morgan fingerprint density at radius 1 is 1.44 bits per heavy atom. The molecule has 1 atom stereocenters. The first-order chi connectivity index (χ1) is 7.43. The fourth-order valence-corrected chi connectivity index (χ4v) is 2.70. The maximum Gasteiger partial charge on any atom is 0.0931 e. The lowest BCUT2D eigenvalue weighted by Gasteiger charge is -2.14. The first-order valence-electron chi connectivity index (χ1n) is 6.09. The number of hydrogen-bond acceptors (Lipinski definition) is 3. The molecule has 1 aromatic heterocycles. The van der Waals surface area contributed by atoms with Crippen LogP contribution in [0.15, 0.2) is 5.38 Å². The summed E-state index contributed by atoms with van der Waals surface area (Å²) >= 11 is 1.80. The smallest absolute Gasteiger partial charge is 0.0931 e. The van der Waals surface area contributed by atoms with E-state index in [1.807, 2.05) is 0 Å². The summed E-state index contributed by atoms with van der Waals surface area (Å²) in [6.07, 6.45) is 1.09. The molecule has 0 fully saturated rings. The molecule has 0 amide bonds. The van der Waals surface area contributed by atoms with Crippen molar-refractivity contribution in [2.45, 2.75) is 46.5 Å². The van der Waals surface area contributed by atoms with Gasteiger partial charge in [0.05, 0.1) is 10.7 Å². The van der Waals surface area contributed by atoms with E-state index in [0.717, 1.165) is 19.5 Å². The number of thiazole rings is 1. The third-order valence-electron chi connectivity index (χ3n) is 2.59. The Morgan fingerprint density at radius 2 is 2.12 bits per heavy atom. The second kappa shape index (κ2) is 5.78. The highest BCUT2D eigenvalue weighted by Gasteiger charge is 2.17. The van der Waals surface area contributed by atoms with Crippen molar-refractivity contribution >= 4 is 11.3 Å².